The Labute approximate surface area is 86.8 Å². The van der Waals surface area contributed by atoms with Gasteiger partial charge in [-0.2, -0.15) is 0 Å². The number of alkyl halides is 1. The molecule has 0 saturated heterocycles. The smallest absolute Gasteiger partial charge is 0.333 e. The number of halogens is 1. The fraction of sp³-hybridized carbons (Fsp3) is 0.250. The van der Waals surface area contributed by atoms with E-state index in [4.69, 9.17) is 11.6 Å². The Hall–Kier alpha value is -1.49. The third kappa shape index (κ3) is 3.95. The highest BCUT2D eigenvalue weighted by atomic mass is 35.5. The number of nitrogens with one attached hydrogen (secondary N) is 3. The first-order chi connectivity index (χ1) is 6.83. The number of urea groups is 1. The average Bonchev–Trinajstić information content (AvgIpc) is 2.25. The summed E-state index contributed by atoms with van der Waals surface area (Å²) in [6, 6.07) is 3.23. The van der Waals surface area contributed by atoms with Crippen molar-refractivity contribution >= 4 is 23.3 Å². The molecule has 0 aromatic carbocycles. The molecule has 1 aromatic rings. The van der Waals surface area contributed by atoms with E-state index in [9.17, 15) is 4.79 Å². The topological polar surface area (TPSA) is 66.1 Å². The van der Waals surface area contributed by atoms with Gasteiger partial charge in [0.1, 0.15) is 0 Å². The number of aromatic nitrogens is 1. The molecule has 0 saturated carbocycles. The summed E-state index contributed by atoms with van der Waals surface area (Å²) in [6.45, 7) is 0.433. The predicted octanol–water partition coefficient (Wildman–Crippen LogP) is 0.947. The van der Waals surface area contributed by atoms with E-state index >= 15 is 0 Å². The molecule has 0 aliphatic heterocycles. The van der Waals surface area contributed by atoms with Crippen molar-refractivity contribution in [2.75, 3.05) is 17.9 Å². The number of hydrogen-bond donors (Lipinski definition) is 3. The zero-order valence-electron chi connectivity index (χ0n) is 7.46. The number of carbonyl (C=O) groups is 1. The normalized spacial score (nSPS) is 9.21. The molecule has 76 valence electrons. The summed E-state index contributed by atoms with van der Waals surface area (Å²) in [5, 5.41) is 2.54. The first kappa shape index (κ1) is 10.6. The number of pyridine rings is 1. The van der Waals surface area contributed by atoms with Crippen LogP contribution in [0.25, 0.3) is 0 Å². The van der Waals surface area contributed by atoms with E-state index in [0.717, 1.165) is 0 Å². The number of anilines is 1. The fourth-order valence-corrected chi connectivity index (χ4v) is 0.865. The van der Waals surface area contributed by atoms with Crippen molar-refractivity contribution in [2.45, 2.75) is 0 Å². The lowest BCUT2D eigenvalue weighted by molar-refractivity contribution is 0.243. The Balaban J connectivity index is 2.24. The van der Waals surface area contributed by atoms with Gasteiger partial charge in [-0.3, -0.25) is 15.8 Å². The van der Waals surface area contributed by atoms with Crippen LogP contribution in [0.15, 0.2) is 24.5 Å². The van der Waals surface area contributed by atoms with Crippen molar-refractivity contribution in [3.63, 3.8) is 0 Å². The first-order valence-corrected chi connectivity index (χ1v) is 4.62. The summed E-state index contributed by atoms with van der Waals surface area (Å²) in [7, 11) is 0. The molecule has 5 nitrogen and oxygen atoms in total. The largest absolute Gasteiger partial charge is 0.336 e. The van der Waals surface area contributed by atoms with E-state index in [1.165, 1.54) is 0 Å². The second kappa shape index (κ2) is 6.04. The molecule has 0 aliphatic carbocycles. The number of amides is 2. The van der Waals surface area contributed by atoms with Crippen molar-refractivity contribution < 1.29 is 4.79 Å². The Bertz CT molecular complexity index is 280. The zero-order chi connectivity index (χ0) is 10.2. The molecule has 0 aliphatic rings. The summed E-state index contributed by atoms with van der Waals surface area (Å²) < 4.78 is 0. The van der Waals surface area contributed by atoms with Crippen molar-refractivity contribution in [1.29, 1.82) is 0 Å². The molecule has 2 amide bonds. The van der Waals surface area contributed by atoms with E-state index in [1.54, 1.807) is 24.5 Å². The number of hydrogen-bond acceptors (Lipinski definition) is 3. The molecule has 0 spiro atoms. The van der Waals surface area contributed by atoms with Gasteiger partial charge in [-0.1, -0.05) is 0 Å². The van der Waals surface area contributed by atoms with E-state index in [2.05, 4.69) is 21.2 Å². The van der Waals surface area contributed by atoms with Crippen molar-refractivity contribution in [3.05, 3.63) is 24.5 Å². The van der Waals surface area contributed by atoms with Crippen molar-refractivity contribution in [2.24, 2.45) is 0 Å². The van der Waals surface area contributed by atoms with Crippen LogP contribution < -0.4 is 16.2 Å². The minimum Gasteiger partial charge on any atom is -0.336 e. The third-order valence-electron chi connectivity index (χ3n) is 1.36. The monoisotopic (exact) mass is 214 g/mol. The molecule has 0 radical (unpaired) electrons. The van der Waals surface area contributed by atoms with Crippen molar-refractivity contribution in [3.8, 4) is 0 Å². The summed E-state index contributed by atoms with van der Waals surface area (Å²) >= 11 is 5.39. The Morgan fingerprint density at radius 1 is 1.57 bits per heavy atom. The number of hydrazine groups is 1. The Morgan fingerprint density at radius 2 is 2.43 bits per heavy atom. The Morgan fingerprint density at radius 3 is 3.07 bits per heavy atom. The summed E-state index contributed by atoms with van der Waals surface area (Å²) in [5.41, 5.74) is 5.84. The van der Waals surface area contributed by atoms with Gasteiger partial charge in [-0.25, -0.2) is 4.79 Å². The van der Waals surface area contributed by atoms with Crippen LogP contribution >= 0.6 is 11.6 Å². The number of carbonyl (C=O) groups excluding carboxylic acids is 1. The maximum absolute atomic E-state index is 11.0. The fourth-order valence-electron chi connectivity index (χ4n) is 0.771. The van der Waals surface area contributed by atoms with Gasteiger partial charge < -0.3 is 5.32 Å². The predicted molar refractivity (Wildman–Crippen MR) is 55.1 cm³/mol. The molecule has 14 heavy (non-hydrogen) atoms. The van der Waals surface area contributed by atoms with Gasteiger partial charge in [0.2, 0.25) is 0 Å². The number of nitrogens with zero attached hydrogens (tertiary/aromatic N) is 1. The van der Waals surface area contributed by atoms with E-state index in [0.29, 0.717) is 18.1 Å². The van der Waals surface area contributed by atoms with Gasteiger partial charge in [0.15, 0.2) is 0 Å². The first-order valence-electron chi connectivity index (χ1n) is 4.09. The van der Waals surface area contributed by atoms with Crippen LogP contribution in [0, 0.1) is 0 Å². The molecule has 6 heteroatoms. The second-order valence-corrected chi connectivity index (χ2v) is 2.81. The lowest BCUT2D eigenvalue weighted by Crippen LogP contribution is -2.39. The maximum atomic E-state index is 11.0. The highest BCUT2D eigenvalue weighted by Crippen LogP contribution is 1.99. The Kier molecular flexibility index (Phi) is 4.57. The molecule has 0 unspecified atom stereocenters. The van der Waals surface area contributed by atoms with Crippen LogP contribution in [-0.2, 0) is 0 Å². The van der Waals surface area contributed by atoms with Crippen LogP contribution in [-0.4, -0.2) is 23.4 Å². The molecule has 0 bridgehead atoms. The van der Waals surface area contributed by atoms with Crippen LogP contribution in [0.3, 0.4) is 0 Å². The van der Waals surface area contributed by atoms with Gasteiger partial charge in [-0.15, -0.1) is 11.6 Å². The highest BCUT2D eigenvalue weighted by molar-refractivity contribution is 6.18. The van der Waals surface area contributed by atoms with Crippen LogP contribution in [0.5, 0.6) is 0 Å². The van der Waals surface area contributed by atoms with Crippen LogP contribution in [0.2, 0.25) is 0 Å². The molecule has 0 atom stereocenters. The lowest BCUT2D eigenvalue weighted by Gasteiger charge is -2.08. The SMILES string of the molecule is O=C(NCCCl)NNc1cccnc1. The highest BCUT2D eigenvalue weighted by Gasteiger charge is 1.96. The molecule has 3 N–H and O–H groups in total. The molecule has 0 fully saturated rings. The van der Waals surface area contributed by atoms with Gasteiger partial charge in [0.05, 0.1) is 11.9 Å². The lowest BCUT2D eigenvalue weighted by atomic mass is 10.4. The third-order valence-corrected chi connectivity index (χ3v) is 1.55. The van der Waals surface area contributed by atoms with Gasteiger partial charge in [-0.05, 0) is 12.1 Å². The minimum absolute atomic E-state index is 0.325. The average molecular weight is 215 g/mol. The summed E-state index contributed by atoms with van der Waals surface area (Å²) in [6.07, 6.45) is 3.25. The quantitative estimate of drug-likeness (QED) is 0.517. The van der Waals surface area contributed by atoms with Crippen LogP contribution in [0.4, 0.5) is 10.5 Å². The maximum Gasteiger partial charge on any atom is 0.333 e. The molecule has 1 heterocycles. The van der Waals surface area contributed by atoms with Crippen molar-refractivity contribution in [1.82, 2.24) is 15.7 Å². The molecular formula is C8H11ClN4O. The molecule has 1 aromatic heterocycles. The number of rotatable bonds is 4. The standard InChI is InChI=1S/C8H11ClN4O/c9-3-5-11-8(14)13-12-7-2-1-4-10-6-7/h1-2,4,6,12H,3,5H2,(H2,11,13,14). The van der Waals surface area contributed by atoms with E-state index < -0.39 is 0 Å². The van der Waals surface area contributed by atoms with Gasteiger partial charge in [0, 0.05) is 18.6 Å². The minimum atomic E-state index is -0.325. The van der Waals surface area contributed by atoms with Crippen LogP contribution in [0.1, 0.15) is 0 Å². The summed E-state index contributed by atoms with van der Waals surface area (Å²) in [5.74, 6) is 0.389. The zero-order valence-corrected chi connectivity index (χ0v) is 8.21. The molecular weight excluding hydrogens is 204 g/mol. The van der Waals surface area contributed by atoms with Gasteiger partial charge in [0.25, 0.3) is 0 Å². The van der Waals surface area contributed by atoms with E-state index in [1.807, 2.05) is 0 Å². The summed E-state index contributed by atoms with van der Waals surface area (Å²) in [4.78, 5) is 14.9. The van der Waals surface area contributed by atoms with E-state index in [-0.39, 0.29) is 6.03 Å². The second-order valence-electron chi connectivity index (χ2n) is 2.44. The molecule has 1 rings (SSSR count). The van der Waals surface area contributed by atoms with Gasteiger partial charge >= 0.3 is 6.03 Å².